The van der Waals surface area contributed by atoms with E-state index in [1.54, 1.807) is 26.8 Å². The molecule has 10 heteroatoms. The third kappa shape index (κ3) is 8.18. The lowest BCUT2D eigenvalue weighted by atomic mass is 9.87. The number of ether oxygens (including phenoxy) is 1. The van der Waals surface area contributed by atoms with Crippen molar-refractivity contribution in [3.05, 3.63) is 112 Å². The zero-order valence-electron chi connectivity index (χ0n) is 28.9. The Morgan fingerprint density at radius 1 is 0.840 bits per heavy atom. The maximum Gasteiger partial charge on any atom is 0.408 e. The molecule has 1 heterocycles. The van der Waals surface area contributed by atoms with E-state index in [1.165, 1.54) is 11.1 Å². The Morgan fingerprint density at radius 3 is 2.00 bits per heavy atom. The SMILES string of the molecule is CC(C)(C)OC(=O)NC(Cc1ccc(C2=CC(C(=O)N[C@@H]3CCCc4ccccc43)N(C(=O)O)C2)cc1)C(=O)N[C@@H]1CCCc2ccccc21. The van der Waals surface area contributed by atoms with Gasteiger partial charge in [0.2, 0.25) is 11.8 Å². The van der Waals surface area contributed by atoms with E-state index in [-0.39, 0.29) is 36.9 Å². The normalized spacial score (nSPS) is 20.4. The number of nitrogens with zero attached hydrogens (tertiary/aromatic N) is 1. The molecule has 0 saturated carbocycles. The third-order valence-electron chi connectivity index (χ3n) is 9.69. The number of rotatable bonds is 8. The summed E-state index contributed by atoms with van der Waals surface area (Å²) in [6.45, 7) is 5.38. The van der Waals surface area contributed by atoms with Gasteiger partial charge < -0.3 is 25.8 Å². The summed E-state index contributed by atoms with van der Waals surface area (Å²) >= 11 is 0. The number of amides is 4. The van der Waals surface area contributed by atoms with Gasteiger partial charge in [-0.3, -0.25) is 14.5 Å². The highest BCUT2D eigenvalue weighted by Gasteiger charge is 2.36. The Morgan fingerprint density at radius 2 is 1.42 bits per heavy atom. The number of carbonyl (C=O) groups is 4. The molecule has 0 aromatic heterocycles. The Labute approximate surface area is 293 Å². The summed E-state index contributed by atoms with van der Waals surface area (Å²) < 4.78 is 5.49. The van der Waals surface area contributed by atoms with Crippen LogP contribution in [0, 0.1) is 0 Å². The van der Waals surface area contributed by atoms with Crippen LogP contribution in [-0.2, 0) is 33.6 Å². The van der Waals surface area contributed by atoms with Crippen LogP contribution in [0.25, 0.3) is 5.57 Å². The Bertz CT molecular complexity index is 1780. The molecule has 4 atom stereocenters. The molecule has 0 fully saturated rings. The fourth-order valence-electron chi connectivity index (χ4n) is 7.29. The number of aryl methyl sites for hydroxylation is 2. The molecule has 0 saturated heterocycles. The van der Waals surface area contributed by atoms with Crippen molar-refractivity contribution >= 4 is 29.6 Å². The Hall–Kier alpha value is -5.12. The van der Waals surface area contributed by atoms with Gasteiger partial charge in [-0.15, -0.1) is 0 Å². The van der Waals surface area contributed by atoms with Gasteiger partial charge in [0.25, 0.3) is 0 Å². The zero-order chi connectivity index (χ0) is 35.4. The molecule has 4 amide bonds. The minimum atomic E-state index is -1.17. The van der Waals surface area contributed by atoms with E-state index < -0.39 is 29.9 Å². The molecule has 0 radical (unpaired) electrons. The minimum absolute atomic E-state index is 0.0715. The summed E-state index contributed by atoms with van der Waals surface area (Å²) in [7, 11) is 0. The van der Waals surface area contributed by atoms with Crippen molar-refractivity contribution in [2.45, 2.75) is 95.5 Å². The van der Waals surface area contributed by atoms with E-state index in [0.29, 0.717) is 0 Å². The van der Waals surface area contributed by atoms with Crippen molar-refractivity contribution in [2.24, 2.45) is 0 Å². The summed E-state index contributed by atoms with van der Waals surface area (Å²) in [5.41, 5.74) is 6.18. The second-order valence-electron chi connectivity index (χ2n) is 14.5. The molecule has 3 aromatic carbocycles. The van der Waals surface area contributed by atoms with E-state index in [2.05, 4.69) is 28.1 Å². The van der Waals surface area contributed by atoms with Gasteiger partial charge in [0, 0.05) is 6.42 Å². The first-order chi connectivity index (χ1) is 23.9. The lowest BCUT2D eigenvalue weighted by molar-refractivity contribution is -0.125. The van der Waals surface area contributed by atoms with Crippen LogP contribution in [0.3, 0.4) is 0 Å². The molecule has 1 aliphatic heterocycles. The largest absolute Gasteiger partial charge is 0.465 e. The summed E-state index contributed by atoms with van der Waals surface area (Å²) in [4.78, 5) is 53.4. The third-order valence-corrected chi connectivity index (χ3v) is 9.69. The Kier molecular flexibility index (Phi) is 10.3. The van der Waals surface area contributed by atoms with Gasteiger partial charge in [-0.05, 0) is 104 Å². The first-order valence-corrected chi connectivity index (χ1v) is 17.5. The smallest absolute Gasteiger partial charge is 0.408 e. The molecule has 3 aliphatic rings. The van der Waals surface area contributed by atoms with Crippen LogP contribution in [0.2, 0.25) is 0 Å². The van der Waals surface area contributed by atoms with E-state index in [0.717, 1.165) is 71.3 Å². The van der Waals surface area contributed by atoms with Crippen LogP contribution in [0.5, 0.6) is 0 Å². The molecule has 262 valence electrons. The number of benzene rings is 3. The lowest BCUT2D eigenvalue weighted by Crippen LogP contribution is -2.50. The maximum absolute atomic E-state index is 13.7. The highest BCUT2D eigenvalue weighted by Crippen LogP contribution is 2.32. The van der Waals surface area contributed by atoms with Gasteiger partial charge in [-0.2, -0.15) is 0 Å². The van der Waals surface area contributed by atoms with Crippen molar-refractivity contribution in [3.63, 3.8) is 0 Å². The quantitative estimate of drug-likeness (QED) is 0.222. The molecule has 2 unspecified atom stereocenters. The highest BCUT2D eigenvalue weighted by molar-refractivity contribution is 5.93. The van der Waals surface area contributed by atoms with E-state index >= 15 is 0 Å². The van der Waals surface area contributed by atoms with Crippen LogP contribution >= 0.6 is 0 Å². The fourth-order valence-corrected chi connectivity index (χ4v) is 7.29. The van der Waals surface area contributed by atoms with Crippen LogP contribution in [0.4, 0.5) is 9.59 Å². The summed E-state index contributed by atoms with van der Waals surface area (Å²) in [6.07, 6.45) is 5.54. The molecule has 2 aliphatic carbocycles. The van der Waals surface area contributed by atoms with Gasteiger partial charge in [0.1, 0.15) is 17.7 Å². The van der Waals surface area contributed by atoms with Gasteiger partial charge in [-0.1, -0.05) is 72.8 Å². The zero-order valence-corrected chi connectivity index (χ0v) is 28.9. The molecular weight excluding hydrogens is 632 g/mol. The maximum atomic E-state index is 13.7. The van der Waals surface area contributed by atoms with Crippen molar-refractivity contribution < 1.29 is 29.0 Å². The van der Waals surface area contributed by atoms with E-state index in [4.69, 9.17) is 4.74 Å². The van der Waals surface area contributed by atoms with Gasteiger partial charge >= 0.3 is 12.2 Å². The molecule has 0 bridgehead atoms. The first-order valence-electron chi connectivity index (χ1n) is 17.5. The predicted octanol–water partition coefficient (Wildman–Crippen LogP) is 6.26. The summed E-state index contributed by atoms with van der Waals surface area (Å²) in [5.74, 6) is -0.643. The minimum Gasteiger partial charge on any atom is -0.465 e. The number of hydrogen-bond acceptors (Lipinski definition) is 5. The molecular formula is C40H46N4O6. The average molecular weight is 679 g/mol. The van der Waals surface area contributed by atoms with Crippen LogP contribution < -0.4 is 16.0 Å². The first kappa shape index (κ1) is 34.7. The average Bonchev–Trinajstić information content (AvgIpc) is 3.54. The number of fused-ring (bicyclic) bond motifs is 2. The summed E-state index contributed by atoms with van der Waals surface area (Å²) in [6, 6.07) is 21.5. The van der Waals surface area contributed by atoms with E-state index in [1.807, 2.05) is 60.7 Å². The van der Waals surface area contributed by atoms with Gasteiger partial charge in [-0.25, -0.2) is 9.59 Å². The molecule has 6 rings (SSSR count). The number of alkyl carbamates (subject to hydrolysis) is 1. The van der Waals surface area contributed by atoms with Gasteiger partial charge in [0.15, 0.2) is 0 Å². The van der Waals surface area contributed by atoms with Crippen LogP contribution in [0.15, 0.2) is 78.9 Å². The second-order valence-corrected chi connectivity index (χ2v) is 14.5. The van der Waals surface area contributed by atoms with Crippen molar-refractivity contribution in [3.8, 4) is 0 Å². The fraction of sp³-hybridized carbons (Fsp3) is 0.400. The van der Waals surface area contributed by atoms with Crippen molar-refractivity contribution in [1.82, 2.24) is 20.9 Å². The number of nitrogens with one attached hydrogen (secondary N) is 3. The number of hydrogen-bond donors (Lipinski definition) is 4. The standard InChI is InChI=1S/C40H46N4O6/c1-40(2,3)50-38(47)43-34(36(45)41-32-16-8-12-27-10-4-6-14-30(27)32)22-25-18-20-26(21-19-25)29-23-35(44(24-29)39(48)49)37(46)42-33-17-9-13-28-11-5-7-15-31(28)33/h4-7,10-11,14-15,18-21,23,32-35H,8-9,12-13,16-17,22,24H2,1-3H3,(H,41,45)(H,42,46)(H,43,47)(H,48,49)/t32-,33-,34?,35?/m1/s1. The topological polar surface area (TPSA) is 137 Å². The predicted molar refractivity (Wildman–Crippen MR) is 190 cm³/mol. The molecule has 50 heavy (non-hydrogen) atoms. The van der Waals surface area contributed by atoms with Crippen LogP contribution in [0.1, 0.15) is 91.9 Å². The molecule has 0 spiro atoms. The van der Waals surface area contributed by atoms with E-state index in [9.17, 15) is 24.3 Å². The number of carbonyl (C=O) groups excluding carboxylic acids is 3. The molecule has 4 N–H and O–H groups in total. The molecule has 10 nitrogen and oxygen atoms in total. The van der Waals surface area contributed by atoms with Crippen molar-refractivity contribution in [2.75, 3.05) is 6.54 Å². The second kappa shape index (κ2) is 14.8. The summed E-state index contributed by atoms with van der Waals surface area (Å²) in [5, 5.41) is 19.1. The molecule has 3 aromatic rings. The monoisotopic (exact) mass is 678 g/mol. The van der Waals surface area contributed by atoms with Crippen LogP contribution in [-0.4, -0.2) is 58.2 Å². The Balaban J connectivity index is 1.16. The van der Waals surface area contributed by atoms with Crippen molar-refractivity contribution in [1.29, 1.82) is 0 Å². The lowest BCUT2D eigenvalue weighted by Gasteiger charge is -2.29. The number of carboxylic acid groups (broad SMARTS) is 1. The highest BCUT2D eigenvalue weighted by atomic mass is 16.6. The van der Waals surface area contributed by atoms with Gasteiger partial charge in [0.05, 0.1) is 18.6 Å².